The summed E-state index contributed by atoms with van der Waals surface area (Å²) < 4.78 is 10.4. The van der Waals surface area contributed by atoms with Gasteiger partial charge in [-0.05, 0) is 48.9 Å². The molecule has 1 heterocycles. The number of benzene rings is 1. The summed E-state index contributed by atoms with van der Waals surface area (Å²) in [5.74, 6) is 0.350. The number of carbonyl (C=O) groups is 2. The highest BCUT2D eigenvalue weighted by Gasteiger charge is 2.29. The zero-order valence-electron chi connectivity index (χ0n) is 15.8. The molecule has 0 unspecified atom stereocenters. The van der Waals surface area contributed by atoms with Crippen molar-refractivity contribution in [3.8, 4) is 5.75 Å². The van der Waals surface area contributed by atoms with E-state index in [9.17, 15) is 9.59 Å². The molecule has 1 aliphatic carbocycles. The van der Waals surface area contributed by atoms with Gasteiger partial charge in [-0.1, -0.05) is 18.2 Å². The van der Waals surface area contributed by atoms with Crippen LogP contribution in [0.25, 0.3) is 0 Å². The van der Waals surface area contributed by atoms with Gasteiger partial charge in [0.25, 0.3) is 0 Å². The van der Waals surface area contributed by atoms with Gasteiger partial charge in [0.1, 0.15) is 5.75 Å². The fourth-order valence-corrected chi connectivity index (χ4v) is 3.03. The number of aliphatic imine (C=N–C) groups is 1. The summed E-state index contributed by atoms with van der Waals surface area (Å²) in [5.41, 5.74) is 6.40. The van der Waals surface area contributed by atoms with E-state index in [1.165, 1.54) is 0 Å². The van der Waals surface area contributed by atoms with Crippen LogP contribution in [0.2, 0.25) is 0 Å². The molecule has 28 heavy (non-hydrogen) atoms. The second kappa shape index (κ2) is 8.98. The predicted molar refractivity (Wildman–Crippen MR) is 108 cm³/mol. The van der Waals surface area contributed by atoms with Crippen molar-refractivity contribution >= 4 is 18.0 Å². The SMILES string of the molecule is CCOC(=O)C1=CC(c2ccc(OC)cc2)=N[C@@H]1CC1=C=CC=CC=C1C=O. The van der Waals surface area contributed by atoms with Crippen molar-refractivity contribution in [2.45, 2.75) is 19.4 Å². The molecular formula is C23H21NO4. The van der Waals surface area contributed by atoms with Gasteiger partial charge in [-0.3, -0.25) is 9.79 Å². The van der Waals surface area contributed by atoms with E-state index >= 15 is 0 Å². The maximum Gasteiger partial charge on any atom is 0.336 e. The van der Waals surface area contributed by atoms with Gasteiger partial charge < -0.3 is 9.47 Å². The summed E-state index contributed by atoms with van der Waals surface area (Å²) in [6.45, 7) is 2.05. The van der Waals surface area contributed by atoms with Gasteiger partial charge >= 0.3 is 5.97 Å². The predicted octanol–water partition coefficient (Wildman–Crippen LogP) is 3.52. The molecule has 1 atom stereocenters. The highest BCUT2D eigenvalue weighted by Crippen LogP contribution is 2.28. The van der Waals surface area contributed by atoms with Crippen LogP contribution in [0.4, 0.5) is 0 Å². The monoisotopic (exact) mass is 375 g/mol. The molecule has 0 fully saturated rings. The van der Waals surface area contributed by atoms with Crippen molar-refractivity contribution in [2.24, 2.45) is 4.99 Å². The lowest BCUT2D eigenvalue weighted by atomic mass is 9.96. The first-order valence-corrected chi connectivity index (χ1v) is 9.05. The maximum absolute atomic E-state index is 12.5. The first-order valence-electron chi connectivity index (χ1n) is 9.05. The van der Waals surface area contributed by atoms with Crippen LogP contribution in [0.1, 0.15) is 18.9 Å². The Kier molecular flexibility index (Phi) is 6.20. The molecule has 1 aromatic carbocycles. The lowest BCUT2D eigenvalue weighted by molar-refractivity contribution is -0.138. The molecule has 1 aliphatic heterocycles. The van der Waals surface area contributed by atoms with E-state index in [4.69, 9.17) is 14.5 Å². The zero-order chi connectivity index (χ0) is 19.9. The van der Waals surface area contributed by atoms with Crippen LogP contribution in [-0.2, 0) is 14.3 Å². The van der Waals surface area contributed by atoms with Crippen molar-refractivity contribution < 1.29 is 19.1 Å². The van der Waals surface area contributed by atoms with Gasteiger partial charge in [-0.15, -0.1) is 5.73 Å². The van der Waals surface area contributed by atoms with Gasteiger partial charge in [-0.2, -0.15) is 0 Å². The highest BCUT2D eigenvalue weighted by atomic mass is 16.5. The standard InChI is InChI=1S/C23H21NO4/c1-3-28-23(26)20-14-21(16-9-11-19(27-2)12-10-16)24-22(20)13-17-7-5-4-6-8-18(17)15-25/h4-6,8-12,14-15,22H,3,13H2,1-2H3/t22-/m1/s1. The Balaban J connectivity index is 1.93. The van der Waals surface area contributed by atoms with E-state index in [0.29, 0.717) is 28.9 Å². The Morgan fingerprint density at radius 1 is 1.25 bits per heavy atom. The highest BCUT2D eigenvalue weighted by molar-refractivity contribution is 6.15. The molecular weight excluding hydrogens is 354 g/mol. The molecule has 0 amide bonds. The third kappa shape index (κ3) is 4.27. The number of hydrogen-bond acceptors (Lipinski definition) is 5. The van der Waals surface area contributed by atoms with Crippen LogP contribution in [0.15, 0.2) is 82.1 Å². The number of aldehydes is 1. The third-order valence-corrected chi connectivity index (χ3v) is 4.46. The van der Waals surface area contributed by atoms with Crippen LogP contribution in [-0.4, -0.2) is 37.7 Å². The van der Waals surface area contributed by atoms with Crippen molar-refractivity contribution in [2.75, 3.05) is 13.7 Å². The Labute approximate surface area is 164 Å². The number of methoxy groups -OCH3 is 1. The molecule has 0 N–H and O–H groups in total. The first-order chi connectivity index (χ1) is 13.7. The molecule has 0 aromatic heterocycles. The zero-order valence-corrected chi connectivity index (χ0v) is 15.8. The number of hydrogen-bond donors (Lipinski definition) is 0. The molecule has 2 aliphatic rings. The fourth-order valence-electron chi connectivity index (χ4n) is 3.03. The van der Waals surface area contributed by atoms with E-state index in [-0.39, 0.29) is 6.61 Å². The van der Waals surface area contributed by atoms with E-state index in [1.807, 2.05) is 24.3 Å². The lowest BCUT2D eigenvalue weighted by Gasteiger charge is -2.13. The minimum absolute atomic E-state index is 0.284. The normalized spacial score (nSPS) is 17.9. The van der Waals surface area contributed by atoms with Crippen molar-refractivity contribution in [3.05, 3.63) is 82.7 Å². The Hall–Kier alpha value is -3.43. The lowest BCUT2D eigenvalue weighted by Crippen LogP contribution is -2.17. The molecule has 3 rings (SSSR count). The average molecular weight is 375 g/mol. The quantitative estimate of drug-likeness (QED) is 0.415. The molecule has 5 nitrogen and oxygen atoms in total. The smallest absolute Gasteiger partial charge is 0.336 e. The van der Waals surface area contributed by atoms with Gasteiger partial charge in [0.15, 0.2) is 6.29 Å². The number of esters is 1. The number of rotatable bonds is 7. The van der Waals surface area contributed by atoms with Gasteiger partial charge in [0, 0.05) is 17.6 Å². The molecule has 1 aromatic rings. The Morgan fingerprint density at radius 2 is 2.04 bits per heavy atom. The second-order valence-corrected chi connectivity index (χ2v) is 6.20. The topological polar surface area (TPSA) is 65.0 Å². The second-order valence-electron chi connectivity index (χ2n) is 6.20. The van der Waals surface area contributed by atoms with Crippen molar-refractivity contribution in [3.63, 3.8) is 0 Å². The minimum Gasteiger partial charge on any atom is -0.497 e. The van der Waals surface area contributed by atoms with E-state index in [0.717, 1.165) is 17.6 Å². The summed E-state index contributed by atoms with van der Waals surface area (Å²) in [7, 11) is 1.61. The Bertz CT molecular complexity index is 955. The van der Waals surface area contributed by atoms with Crippen LogP contribution in [0, 0.1) is 0 Å². The van der Waals surface area contributed by atoms with Crippen LogP contribution < -0.4 is 4.74 Å². The van der Waals surface area contributed by atoms with Crippen LogP contribution in [0.3, 0.4) is 0 Å². The summed E-state index contributed by atoms with van der Waals surface area (Å²) in [6, 6.07) is 7.04. The summed E-state index contributed by atoms with van der Waals surface area (Å²) in [4.78, 5) is 28.6. The van der Waals surface area contributed by atoms with Crippen LogP contribution >= 0.6 is 0 Å². The Morgan fingerprint density at radius 3 is 2.71 bits per heavy atom. The third-order valence-electron chi connectivity index (χ3n) is 4.46. The first kappa shape index (κ1) is 19.3. The molecule has 0 saturated carbocycles. The number of nitrogens with zero attached hydrogens (tertiary/aromatic N) is 1. The fraction of sp³-hybridized carbons (Fsp3) is 0.217. The summed E-state index contributed by atoms with van der Waals surface area (Å²) in [5, 5.41) is 0. The van der Waals surface area contributed by atoms with Gasteiger partial charge in [0.05, 0.1) is 31.0 Å². The molecule has 142 valence electrons. The van der Waals surface area contributed by atoms with E-state index < -0.39 is 12.0 Å². The van der Waals surface area contributed by atoms with Crippen molar-refractivity contribution in [1.82, 2.24) is 0 Å². The average Bonchev–Trinajstić information content (AvgIpc) is 3.00. The maximum atomic E-state index is 12.5. The van der Waals surface area contributed by atoms with Gasteiger partial charge in [-0.25, -0.2) is 4.79 Å². The van der Waals surface area contributed by atoms with E-state index in [1.54, 1.807) is 44.4 Å². The van der Waals surface area contributed by atoms with Crippen LogP contribution in [0.5, 0.6) is 5.75 Å². The number of ether oxygens (including phenoxy) is 2. The van der Waals surface area contributed by atoms with Crippen molar-refractivity contribution in [1.29, 1.82) is 0 Å². The summed E-state index contributed by atoms with van der Waals surface area (Å²) in [6.07, 6.45) is 10.0. The molecule has 0 spiro atoms. The molecule has 5 heteroatoms. The largest absolute Gasteiger partial charge is 0.497 e. The molecule has 0 saturated heterocycles. The summed E-state index contributed by atoms with van der Waals surface area (Å²) >= 11 is 0. The number of carbonyl (C=O) groups excluding carboxylic acids is 2. The minimum atomic E-state index is -0.437. The molecule has 0 radical (unpaired) electrons. The van der Waals surface area contributed by atoms with Gasteiger partial charge in [0.2, 0.25) is 0 Å². The molecule has 0 bridgehead atoms. The number of allylic oxidation sites excluding steroid dienone is 5. The van der Waals surface area contributed by atoms with E-state index in [2.05, 4.69) is 5.73 Å².